The average Bonchev–Trinajstić information content (AvgIpc) is 2.94. The lowest BCUT2D eigenvalue weighted by Gasteiger charge is -1.97. The van der Waals surface area contributed by atoms with Crippen molar-refractivity contribution >= 4 is 33.9 Å². The van der Waals surface area contributed by atoms with Crippen LogP contribution in [0.25, 0.3) is 10.9 Å². The number of carbonyl (C=O) groups excluding carboxylic acids is 1. The minimum atomic E-state index is -0.650. The third kappa shape index (κ3) is 3.76. The molecule has 0 saturated carbocycles. The number of fused-ring (bicyclic) bond motifs is 1. The van der Waals surface area contributed by atoms with E-state index in [1.807, 2.05) is 0 Å². The number of nitrogens with one attached hydrogen (secondary N) is 1. The lowest BCUT2D eigenvalue weighted by atomic mass is 10.1. The normalized spacial score (nSPS) is 11.1. The molecule has 0 fully saturated rings. The molecule has 1 amide bonds. The van der Waals surface area contributed by atoms with Gasteiger partial charge in [-0.3, -0.25) is 25.0 Å². The highest BCUT2D eigenvalue weighted by molar-refractivity contribution is 5.95. The maximum atomic E-state index is 12.0. The number of hydrogen-bond donors (Lipinski definition) is 2. The van der Waals surface area contributed by atoms with Gasteiger partial charge >= 0.3 is 0 Å². The molecule has 0 saturated heterocycles. The SMILES string of the molecule is O=C(Cc1ccc([N+](=O)[O-])cc1)N=Nc1c(O)[nH]c2ccc([N+](=O)[O-])cc12. The highest BCUT2D eigenvalue weighted by Gasteiger charge is 2.15. The molecule has 0 aliphatic rings. The summed E-state index contributed by atoms with van der Waals surface area (Å²) in [5.74, 6) is -1.03. The number of rotatable bonds is 5. The van der Waals surface area contributed by atoms with Gasteiger partial charge in [0.25, 0.3) is 17.3 Å². The predicted molar refractivity (Wildman–Crippen MR) is 92.9 cm³/mol. The first-order valence-corrected chi connectivity index (χ1v) is 7.52. The van der Waals surface area contributed by atoms with Crippen LogP contribution in [-0.2, 0) is 11.2 Å². The van der Waals surface area contributed by atoms with E-state index in [2.05, 4.69) is 15.2 Å². The molecule has 0 unspecified atom stereocenters. The summed E-state index contributed by atoms with van der Waals surface area (Å²) in [6, 6.07) is 9.27. The number of nitro benzene ring substituents is 2. The monoisotopic (exact) mass is 369 g/mol. The fraction of sp³-hybridized carbons (Fsp3) is 0.0625. The van der Waals surface area contributed by atoms with Crippen LogP contribution < -0.4 is 0 Å². The van der Waals surface area contributed by atoms with Gasteiger partial charge in [-0.25, -0.2) is 0 Å². The lowest BCUT2D eigenvalue weighted by Crippen LogP contribution is -1.98. The molecule has 136 valence electrons. The predicted octanol–water partition coefficient (Wildman–Crippen LogP) is 3.54. The second kappa shape index (κ2) is 7.00. The molecule has 0 atom stereocenters. The van der Waals surface area contributed by atoms with Gasteiger partial charge in [0.15, 0.2) is 5.69 Å². The van der Waals surface area contributed by atoms with Crippen LogP contribution in [0.15, 0.2) is 52.7 Å². The largest absolute Gasteiger partial charge is 0.493 e. The van der Waals surface area contributed by atoms with Gasteiger partial charge in [0.1, 0.15) is 0 Å². The van der Waals surface area contributed by atoms with Crippen LogP contribution in [0.5, 0.6) is 5.88 Å². The summed E-state index contributed by atoms with van der Waals surface area (Å²) < 4.78 is 0. The van der Waals surface area contributed by atoms with E-state index in [0.29, 0.717) is 11.1 Å². The molecule has 1 aromatic heterocycles. The zero-order chi connectivity index (χ0) is 19.6. The Bertz CT molecular complexity index is 1090. The summed E-state index contributed by atoms with van der Waals surface area (Å²) in [5, 5.41) is 38.8. The highest BCUT2D eigenvalue weighted by atomic mass is 16.6. The van der Waals surface area contributed by atoms with Gasteiger partial charge in [-0.2, -0.15) is 0 Å². The number of hydrogen-bond acceptors (Lipinski definition) is 7. The number of non-ortho nitro benzene ring substituents is 2. The average molecular weight is 369 g/mol. The van der Waals surface area contributed by atoms with Gasteiger partial charge in [-0.1, -0.05) is 12.1 Å². The molecule has 2 N–H and O–H groups in total. The van der Waals surface area contributed by atoms with Crippen molar-refractivity contribution in [2.24, 2.45) is 10.2 Å². The van der Waals surface area contributed by atoms with E-state index >= 15 is 0 Å². The molecule has 0 aliphatic heterocycles. The van der Waals surface area contributed by atoms with Crippen LogP contribution in [0, 0.1) is 20.2 Å². The van der Waals surface area contributed by atoms with E-state index in [-0.39, 0.29) is 34.7 Å². The molecule has 3 rings (SSSR count). The number of aromatic nitrogens is 1. The Hall–Kier alpha value is -4.15. The number of azo groups is 1. The molecule has 2 aromatic carbocycles. The summed E-state index contributed by atoms with van der Waals surface area (Å²) in [6.45, 7) is 0. The van der Waals surface area contributed by atoms with Gasteiger partial charge in [0.2, 0.25) is 5.88 Å². The Balaban J connectivity index is 1.81. The molecule has 11 nitrogen and oxygen atoms in total. The number of carbonyl (C=O) groups is 1. The Labute approximate surface area is 150 Å². The van der Waals surface area contributed by atoms with E-state index in [4.69, 9.17) is 0 Å². The standard InChI is InChI=1S/C16H11N5O6/c22-14(7-9-1-3-10(4-2-9)20(24)25)18-19-15-12-8-11(21(26)27)5-6-13(12)17-16(15)23/h1-6,8,17,23H,7H2. The first-order chi connectivity index (χ1) is 12.8. The highest BCUT2D eigenvalue weighted by Crippen LogP contribution is 2.37. The fourth-order valence-electron chi connectivity index (χ4n) is 2.42. The summed E-state index contributed by atoms with van der Waals surface area (Å²) in [5.41, 5.74) is 0.511. The molecule has 0 spiro atoms. The zero-order valence-electron chi connectivity index (χ0n) is 13.5. The number of benzene rings is 2. The maximum absolute atomic E-state index is 12.0. The molecule has 0 radical (unpaired) electrons. The van der Waals surface area contributed by atoms with E-state index in [1.165, 1.54) is 42.5 Å². The molecule has 27 heavy (non-hydrogen) atoms. The van der Waals surface area contributed by atoms with Crippen molar-refractivity contribution in [1.82, 2.24) is 4.98 Å². The van der Waals surface area contributed by atoms with Crippen LogP contribution in [-0.4, -0.2) is 25.8 Å². The van der Waals surface area contributed by atoms with Crippen molar-refractivity contribution in [3.63, 3.8) is 0 Å². The van der Waals surface area contributed by atoms with Gasteiger partial charge in [0, 0.05) is 29.7 Å². The van der Waals surface area contributed by atoms with E-state index in [0.717, 1.165) is 0 Å². The van der Waals surface area contributed by atoms with Gasteiger partial charge in [-0.05, 0) is 11.6 Å². The quantitative estimate of drug-likeness (QED) is 0.396. The second-order valence-electron chi connectivity index (χ2n) is 5.50. The van der Waals surface area contributed by atoms with Crippen LogP contribution >= 0.6 is 0 Å². The molecule has 11 heteroatoms. The Kier molecular flexibility index (Phi) is 4.58. The fourth-order valence-corrected chi connectivity index (χ4v) is 2.42. The Morgan fingerprint density at radius 1 is 1.04 bits per heavy atom. The van der Waals surface area contributed by atoms with Crippen molar-refractivity contribution in [3.8, 4) is 5.88 Å². The third-order valence-electron chi connectivity index (χ3n) is 3.71. The first-order valence-electron chi connectivity index (χ1n) is 7.52. The van der Waals surface area contributed by atoms with Crippen molar-refractivity contribution in [2.45, 2.75) is 6.42 Å². The van der Waals surface area contributed by atoms with Crippen molar-refractivity contribution in [2.75, 3.05) is 0 Å². The lowest BCUT2D eigenvalue weighted by molar-refractivity contribution is -0.385. The molecule has 0 bridgehead atoms. The van der Waals surface area contributed by atoms with E-state index < -0.39 is 15.8 Å². The van der Waals surface area contributed by atoms with Gasteiger partial charge in [-0.15, -0.1) is 10.2 Å². The van der Waals surface area contributed by atoms with Crippen molar-refractivity contribution in [3.05, 3.63) is 68.3 Å². The second-order valence-corrected chi connectivity index (χ2v) is 5.50. The zero-order valence-corrected chi connectivity index (χ0v) is 13.5. The number of nitro groups is 2. The maximum Gasteiger partial charge on any atom is 0.270 e. The minimum absolute atomic E-state index is 0.0919. The van der Waals surface area contributed by atoms with Crippen LogP contribution in [0.2, 0.25) is 0 Å². The summed E-state index contributed by atoms with van der Waals surface area (Å²) in [4.78, 5) is 34.9. The summed E-state index contributed by atoms with van der Waals surface area (Å²) >= 11 is 0. The Morgan fingerprint density at radius 2 is 1.67 bits per heavy atom. The van der Waals surface area contributed by atoms with E-state index in [9.17, 15) is 30.1 Å². The summed E-state index contributed by atoms with van der Waals surface area (Å²) in [7, 11) is 0. The molecular weight excluding hydrogens is 358 g/mol. The van der Waals surface area contributed by atoms with Crippen LogP contribution in [0.3, 0.4) is 0 Å². The first kappa shape index (κ1) is 17.7. The topological polar surface area (TPSA) is 164 Å². The van der Waals surface area contributed by atoms with Gasteiger partial charge in [0.05, 0.1) is 21.8 Å². The molecule has 1 heterocycles. The Morgan fingerprint density at radius 3 is 2.30 bits per heavy atom. The minimum Gasteiger partial charge on any atom is -0.493 e. The molecule has 3 aromatic rings. The van der Waals surface area contributed by atoms with E-state index in [1.54, 1.807) is 0 Å². The van der Waals surface area contributed by atoms with Crippen molar-refractivity contribution < 1.29 is 19.7 Å². The number of aromatic amines is 1. The van der Waals surface area contributed by atoms with Crippen molar-refractivity contribution in [1.29, 1.82) is 0 Å². The van der Waals surface area contributed by atoms with Gasteiger partial charge < -0.3 is 10.1 Å². The number of nitrogens with zero attached hydrogens (tertiary/aromatic N) is 4. The molecule has 0 aliphatic carbocycles. The summed E-state index contributed by atoms with van der Waals surface area (Å²) in [6.07, 6.45) is -0.148. The number of aromatic hydroxyl groups is 1. The number of H-pyrrole nitrogens is 1. The molecular formula is C16H11N5O6. The van der Waals surface area contributed by atoms with Crippen LogP contribution in [0.4, 0.5) is 17.1 Å². The number of amides is 1. The smallest absolute Gasteiger partial charge is 0.270 e. The third-order valence-corrected chi connectivity index (χ3v) is 3.71. The van der Waals surface area contributed by atoms with Crippen LogP contribution in [0.1, 0.15) is 5.56 Å².